The average Bonchev–Trinajstić information content (AvgIpc) is 2.56. The van der Waals surface area contributed by atoms with Crippen LogP contribution in [-0.4, -0.2) is 25.8 Å². The maximum Gasteiger partial charge on any atom is 0.277 e. The van der Waals surface area contributed by atoms with E-state index >= 15 is 0 Å². The second-order valence-electron chi connectivity index (χ2n) is 5.17. The van der Waals surface area contributed by atoms with E-state index in [2.05, 4.69) is 26.5 Å². The molecule has 0 atom stereocenters. The normalized spacial score (nSPS) is 10.7. The van der Waals surface area contributed by atoms with Crippen molar-refractivity contribution in [1.82, 2.24) is 5.43 Å². The smallest absolute Gasteiger partial charge is 0.277 e. The summed E-state index contributed by atoms with van der Waals surface area (Å²) in [5.74, 6) is 1.03. The number of amides is 1. The molecule has 6 heteroatoms. The van der Waals surface area contributed by atoms with Crippen molar-refractivity contribution >= 4 is 28.1 Å². The highest BCUT2D eigenvalue weighted by Crippen LogP contribution is 2.21. The fourth-order valence-corrected chi connectivity index (χ4v) is 2.41. The number of halogens is 1. The van der Waals surface area contributed by atoms with Crippen LogP contribution in [0.1, 0.15) is 16.7 Å². The van der Waals surface area contributed by atoms with Crippen LogP contribution in [0.5, 0.6) is 11.5 Å². The quantitative estimate of drug-likeness (QED) is 0.605. The van der Waals surface area contributed by atoms with E-state index < -0.39 is 0 Å². The van der Waals surface area contributed by atoms with Gasteiger partial charge in [0, 0.05) is 10.0 Å². The summed E-state index contributed by atoms with van der Waals surface area (Å²) in [4.78, 5) is 11.8. The van der Waals surface area contributed by atoms with Crippen LogP contribution in [0.2, 0.25) is 0 Å². The molecule has 0 radical (unpaired) electrons. The summed E-state index contributed by atoms with van der Waals surface area (Å²) in [5, 5.41) is 3.94. The molecule has 0 aromatic heterocycles. The van der Waals surface area contributed by atoms with Crippen molar-refractivity contribution in [2.75, 3.05) is 13.7 Å². The molecule has 126 valence electrons. The van der Waals surface area contributed by atoms with Gasteiger partial charge in [-0.25, -0.2) is 5.43 Å². The summed E-state index contributed by atoms with van der Waals surface area (Å²) in [6.45, 7) is 3.86. The van der Waals surface area contributed by atoms with Crippen molar-refractivity contribution in [1.29, 1.82) is 0 Å². The molecular weight excluding hydrogens is 372 g/mol. The number of nitrogens with one attached hydrogen (secondary N) is 1. The lowest BCUT2D eigenvalue weighted by Crippen LogP contribution is -2.24. The molecule has 0 saturated carbocycles. The second kappa shape index (κ2) is 8.49. The van der Waals surface area contributed by atoms with Crippen molar-refractivity contribution in [2.24, 2.45) is 5.10 Å². The lowest BCUT2D eigenvalue weighted by atomic mass is 10.1. The molecule has 0 spiro atoms. The van der Waals surface area contributed by atoms with Crippen LogP contribution >= 0.6 is 15.9 Å². The van der Waals surface area contributed by atoms with E-state index in [9.17, 15) is 4.79 Å². The number of hydrazone groups is 1. The van der Waals surface area contributed by atoms with Gasteiger partial charge in [0.05, 0.1) is 13.3 Å². The van der Waals surface area contributed by atoms with Crippen molar-refractivity contribution in [3.63, 3.8) is 0 Å². The Morgan fingerprint density at radius 3 is 2.79 bits per heavy atom. The summed E-state index contributed by atoms with van der Waals surface area (Å²) in [5.41, 5.74) is 5.33. The molecule has 1 N–H and O–H groups in total. The molecule has 0 unspecified atom stereocenters. The van der Waals surface area contributed by atoms with E-state index in [0.717, 1.165) is 21.2 Å². The molecule has 5 nitrogen and oxygen atoms in total. The summed E-state index contributed by atoms with van der Waals surface area (Å²) in [6.07, 6.45) is 1.53. The number of benzene rings is 2. The van der Waals surface area contributed by atoms with Crippen molar-refractivity contribution < 1.29 is 14.3 Å². The lowest BCUT2D eigenvalue weighted by molar-refractivity contribution is -0.123. The zero-order chi connectivity index (χ0) is 17.5. The predicted octanol–water partition coefficient (Wildman–Crippen LogP) is 3.60. The predicted molar refractivity (Wildman–Crippen MR) is 97.8 cm³/mol. The Balaban J connectivity index is 1.91. The monoisotopic (exact) mass is 390 g/mol. The second-order valence-corrected chi connectivity index (χ2v) is 6.08. The van der Waals surface area contributed by atoms with Crippen LogP contribution in [-0.2, 0) is 4.79 Å². The minimum absolute atomic E-state index is 0.0999. The molecular formula is C18H19BrN2O3. The Labute approximate surface area is 149 Å². The van der Waals surface area contributed by atoms with Gasteiger partial charge in [-0.1, -0.05) is 28.1 Å². The molecule has 2 aromatic rings. The molecule has 2 rings (SSSR count). The number of carbonyl (C=O) groups excluding carboxylic acids is 1. The van der Waals surface area contributed by atoms with Gasteiger partial charge in [0.2, 0.25) is 0 Å². The fraction of sp³-hybridized carbons (Fsp3) is 0.222. The average molecular weight is 391 g/mol. The van der Waals surface area contributed by atoms with Gasteiger partial charge < -0.3 is 9.47 Å². The number of aryl methyl sites for hydroxylation is 1. The summed E-state index contributed by atoms with van der Waals surface area (Å²) in [7, 11) is 1.58. The largest absolute Gasteiger partial charge is 0.496 e. The van der Waals surface area contributed by atoms with Crippen LogP contribution in [0.3, 0.4) is 0 Å². The topological polar surface area (TPSA) is 59.9 Å². The highest BCUT2D eigenvalue weighted by atomic mass is 79.9. The Bertz CT molecular complexity index is 760. The van der Waals surface area contributed by atoms with Crippen LogP contribution in [0, 0.1) is 13.8 Å². The van der Waals surface area contributed by atoms with Crippen molar-refractivity contribution in [2.45, 2.75) is 13.8 Å². The molecule has 1 amide bonds. The van der Waals surface area contributed by atoms with Crippen LogP contribution < -0.4 is 14.9 Å². The Kier molecular flexibility index (Phi) is 6.37. The third-order valence-electron chi connectivity index (χ3n) is 3.50. The van der Waals surface area contributed by atoms with Crippen LogP contribution in [0.15, 0.2) is 46.0 Å². The summed E-state index contributed by atoms with van der Waals surface area (Å²) >= 11 is 3.39. The van der Waals surface area contributed by atoms with Gasteiger partial charge in [-0.2, -0.15) is 5.10 Å². The van der Waals surface area contributed by atoms with Gasteiger partial charge in [0.25, 0.3) is 5.91 Å². The fourth-order valence-electron chi connectivity index (χ4n) is 2.04. The van der Waals surface area contributed by atoms with E-state index in [-0.39, 0.29) is 12.5 Å². The van der Waals surface area contributed by atoms with Crippen LogP contribution in [0.4, 0.5) is 0 Å². The lowest BCUT2D eigenvalue weighted by Gasteiger charge is -2.09. The minimum Gasteiger partial charge on any atom is -0.496 e. The van der Waals surface area contributed by atoms with Gasteiger partial charge in [0.1, 0.15) is 11.5 Å². The molecule has 0 aliphatic carbocycles. The van der Waals surface area contributed by atoms with E-state index in [0.29, 0.717) is 11.5 Å². The Hall–Kier alpha value is -2.34. The number of methoxy groups -OCH3 is 1. The number of carbonyl (C=O) groups is 1. The highest BCUT2D eigenvalue weighted by Gasteiger charge is 2.06. The summed E-state index contributed by atoms with van der Waals surface area (Å²) in [6, 6.07) is 11.3. The van der Waals surface area contributed by atoms with Gasteiger partial charge in [-0.05, 0) is 49.2 Å². The third kappa shape index (κ3) is 4.83. The molecule has 0 bridgehead atoms. The van der Waals surface area contributed by atoms with Gasteiger partial charge in [0.15, 0.2) is 6.61 Å². The molecule has 0 aliphatic heterocycles. The maximum atomic E-state index is 11.8. The van der Waals surface area contributed by atoms with Crippen molar-refractivity contribution in [3.05, 3.63) is 57.6 Å². The first-order valence-corrected chi connectivity index (χ1v) is 8.15. The molecule has 2 aromatic carbocycles. The van der Waals surface area contributed by atoms with E-state index in [4.69, 9.17) is 9.47 Å². The number of nitrogens with zero attached hydrogens (tertiary/aromatic N) is 1. The third-order valence-corrected chi connectivity index (χ3v) is 3.99. The molecule has 0 saturated heterocycles. The standard InChI is InChI=1S/C18H19BrN2O3/c1-12-5-4-6-16(13(12)2)24-11-18(22)21-20-10-14-9-15(19)7-8-17(14)23-3/h4-10H,11H2,1-3H3,(H,21,22)/b20-10-. The maximum absolute atomic E-state index is 11.8. The van der Waals surface area contributed by atoms with E-state index in [1.807, 2.05) is 50.2 Å². The Morgan fingerprint density at radius 1 is 1.25 bits per heavy atom. The number of ether oxygens (including phenoxy) is 2. The highest BCUT2D eigenvalue weighted by molar-refractivity contribution is 9.10. The van der Waals surface area contributed by atoms with Gasteiger partial charge in [-0.15, -0.1) is 0 Å². The number of hydrogen-bond acceptors (Lipinski definition) is 4. The molecule has 0 heterocycles. The Morgan fingerprint density at radius 2 is 2.04 bits per heavy atom. The zero-order valence-corrected chi connectivity index (χ0v) is 15.4. The first kappa shape index (κ1) is 18.0. The molecule has 0 aliphatic rings. The first-order chi connectivity index (χ1) is 11.5. The first-order valence-electron chi connectivity index (χ1n) is 7.35. The van der Waals surface area contributed by atoms with E-state index in [1.54, 1.807) is 7.11 Å². The van der Waals surface area contributed by atoms with E-state index in [1.165, 1.54) is 6.21 Å². The van der Waals surface area contributed by atoms with Gasteiger partial charge >= 0.3 is 0 Å². The number of hydrogen-bond donors (Lipinski definition) is 1. The summed E-state index contributed by atoms with van der Waals surface area (Å²) < 4.78 is 11.7. The minimum atomic E-state index is -0.332. The SMILES string of the molecule is COc1ccc(Br)cc1/C=N\NC(=O)COc1cccc(C)c1C. The zero-order valence-electron chi connectivity index (χ0n) is 13.8. The van der Waals surface area contributed by atoms with Gasteiger partial charge in [-0.3, -0.25) is 4.79 Å². The number of rotatable bonds is 6. The van der Waals surface area contributed by atoms with Crippen LogP contribution in [0.25, 0.3) is 0 Å². The molecule has 0 fully saturated rings. The van der Waals surface area contributed by atoms with Crippen molar-refractivity contribution in [3.8, 4) is 11.5 Å². The molecule has 24 heavy (non-hydrogen) atoms.